The summed E-state index contributed by atoms with van der Waals surface area (Å²) in [5, 5.41) is 18.3. The molecule has 0 aliphatic carbocycles. The minimum atomic E-state index is -0.892. The van der Waals surface area contributed by atoms with Crippen LogP contribution in [0, 0.1) is 5.41 Å². The molecule has 0 radical (unpaired) electrons. The van der Waals surface area contributed by atoms with E-state index < -0.39 is 11.4 Å². The fourth-order valence-corrected chi connectivity index (χ4v) is 1.68. The van der Waals surface area contributed by atoms with Crippen LogP contribution in [0.5, 0.6) is 0 Å². The molecular weight excluding hydrogens is 274 g/mol. The number of carbonyl (C=O) groups is 2. The second kappa shape index (κ2) is 5.82. The number of aromatic nitrogens is 2. The number of amides is 1. The lowest BCUT2D eigenvalue weighted by Gasteiger charge is -2.18. The maximum absolute atomic E-state index is 11.9. The second-order valence-electron chi connectivity index (χ2n) is 5.34. The average molecular weight is 291 g/mol. The molecule has 0 fully saturated rings. The Labute approximate surface area is 121 Å². The van der Waals surface area contributed by atoms with Gasteiger partial charge in [0.25, 0.3) is 5.91 Å². The van der Waals surface area contributed by atoms with Crippen LogP contribution >= 0.6 is 0 Å². The Morgan fingerprint density at radius 2 is 2.24 bits per heavy atom. The van der Waals surface area contributed by atoms with Gasteiger partial charge in [0.05, 0.1) is 11.7 Å². The minimum absolute atomic E-state index is 0.231. The van der Waals surface area contributed by atoms with E-state index >= 15 is 0 Å². The normalized spacial score (nSPS) is 11.3. The summed E-state index contributed by atoms with van der Waals surface area (Å²) in [4.78, 5) is 22.9. The Morgan fingerprint density at radius 1 is 1.48 bits per heavy atom. The van der Waals surface area contributed by atoms with E-state index in [0.29, 0.717) is 17.9 Å². The van der Waals surface area contributed by atoms with E-state index in [4.69, 9.17) is 9.52 Å². The van der Waals surface area contributed by atoms with Crippen LogP contribution in [0.3, 0.4) is 0 Å². The molecule has 0 spiro atoms. The summed E-state index contributed by atoms with van der Waals surface area (Å²) in [6, 6.07) is 5.07. The number of hydrogen-bond donors (Lipinski definition) is 3. The molecule has 2 rings (SSSR count). The summed E-state index contributed by atoms with van der Waals surface area (Å²) in [5.41, 5.74) is -0.0383. The zero-order valence-corrected chi connectivity index (χ0v) is 11.8. The van der Waals surface area contributed by atoms with Crippen molar-refractivity contribution in [3.05, 3.63) is 30.2 Å². The average Bonchev–Trinajstić information content (AvgIpc) is 3.09. The first-order valence-corrected chi connectivity index (χ1v) is 6.51. The number of H-pyrrole nitrogens is 1. The van der Waals surface area contributed by atoms with Crippen LogP contribution in [0.4, 0.5) is 0 Å². The molecule has 0 bridgehead atoms. The Kier molecular flexibility index (Phi) is 4.11. The van der Waals surface area contributed by atoms with Crippen LogP contribution in [-0.2, 0) is 4.79 Å². The number of hydrogen-bond acceptors (Lipinski definition) is 4. The van der Waals surface area contributed by atoms with Crippen LogP contribution in [-0.4, -0.2) is 33.7 Å². The van der Waals surface area contributed by atoms with E-state index in [9.17, 15) is 9.59 Å². The first kappa shape index (κ1) is 14.8. The highest BCUT2D eigenvalue weighted by atomic mass is 16.4. The molecule has 0 unspecified atom stereocenters. The van der Waals surface area contributed by atoms with Gasteiger partial charge in [0.15, 0.2) is 11.5 Å². The molecule has 0 aromatic carbocycles. The van der Waals surface area contributed by atoms with E-state index in [1.54, 1.807) is 32.0 Å². The summed E-state index contributed by atoms with van der Waals surface area (Å²) in [7, 11) is 0. The Hall–Kier alpha value is -2.57. The first-order valence-electron chi connectivity index (χ1n) is 6.51. The fourth-order valence-electron chi connectivity index (χ4n) is 1.68. The largest absolute Gasteiger partial charge is 0.481 e. The molecule has 2 heterocycles. The van der Waals surface area contributed by atoms with Gasteiger partial charge in [0.2, 0.25) is 0 Å². The van der Waals surface area contributed by atoms with Crippen molar-refractivity contribution in [2.75, 3.05) is 6.54 Å². The third-order valence-corrected chi connectivity index (χ3v) is 3.21. The van der Waals surface area contributed by atoms with E-state index in [0.717, 1.165) is 0 Å². The third kappa shape index (κ3) is 3.50. The first-order chi connectivity index (χ1) is 9.90. The topological polar surface area (TPSA) is 108 Å². The van der Waals surface area contributed by atoms with Crippen LogP contribution in [0.2, 0.25) is 0 Å². The van der Waals surface area contributed by atoms with E-state index in [1.807, 2.05) is 0 Å². The van der Waals surface area contributed by atoms with Crippen molar-refractivity contribution in [2.24, 2.45) is 5.41 Å². The minimum Gasteiger partial charge on any atom is -0.481 e. The number of rotatable bonds is 6. The van der Waals surface area contributed by atoms with E-state index in [1.165, 1.54) is 6.26 Å². The zero-order valence-electron chi connectivity index (χ0n) is 11.8. The molecule has 7 heteroatoms. The second-order valence-corrected chi connectivity index (χ2v) is 5.34. The lowest BCUT2D eigenvalue weighted by atomic mass is 9.90. The van der Waals surface area contributed by atoms with Crippen LogP contribution in [0.25, 0.3) is 11.5 Å². The van der Waals surface area contributed by atoms with Crippen molar-refractivity contribution in [2.45, 2.75) is 20.3 Å². The van der Waals surface area contributed by atoms with Gasteiger partial charge in [-0.15, -0.1) is 0 Å². The molecule has 7 nitrogen and oxygen atoms in total. The van der Waals surface area contributed by atoms with Crippen LogP contribution in [0.15, 0.2) is 28.9 Å². The number of aliphatic carboxylic acids is 1. The molecule has 0 saturated heterocycles. The molecule has 2 aromatic heterocycles. The summed E-state index contributed by atoms with van der Waals surface area (Å²) >= 11 is 0. The monoisotopic (exact) mass is 291 g/mol. The molecule has 0 atom stereocenters. The van der Waals surface area contributed by atoms with Crippen LogP contribution in [0.1, 0.15) is 30.8 Å². The summed E-state index contributed by atoms with van der Waals surface area (Å²) in [6.45, 7) is 3.50. The Morgan fingerprint density at radius 3 is 2.86 bits per heavy atom. The van der Waals surface area contributed by atoms with Crippen molar-refractivity contribution in [1.82, 2.24) is 15.5 Å². The van der Waals surface area contributed by atoms with Gasteiger partial charge in [-0.25, -0.2) is 0 Å². The number of nitrogens with zero attached hydrogens (tertiary/aromatic N) is 1. The van der Waals surface area contributed by atoms with Gasteiger partial charge in [-0.3, -0.25) is 14.7 Å². The summed E-state index contributed by atoms with van der Waals surface area (Å²) in [5.74, 6) is -0.657. The molecule has 2 aromatic rings. The smallest absolute Gasteiger partial charge is 0.309 e. The van der Waals surface area contributed by atoms with Crippen molar-refractivity contribution >= 4 is 11.9 Å². The number of aromatic amines is 1. The molecule has 0 aliphatic heterocycles. The number of carboxylic acid groups (broad SMARTS) is 1. The molecule has 21 heavy (non-hydrogen) atoms. The maximum Gasteiger partial charge on any atom is 0.309 e. The van der Waals surface area contributed by atoms with Gasteiger partial charge in [0.1, 0.15) is 5.69 Å². The van der Waals surface area contributed by atoms with Gasteiger partial charge in [-0.05, 0) is 32.4 Å². The van der Waals surface area contributed by atoms with Gasteiger partial charge in [-0.1, -0.05) is 0 Å². The highest BCUT2D eigenvalue weighted by Gasteiger charge is 2.26. The molecule has 1 amide bonds. The zero-order chi connectivity index (χ0) is 15.5. The quantitative estimate of drug-likeness (QED) is 0.753. The fraction of sp³-hybridized carbons (Fsp3) is 0.357. The number of nitrogens with one attached hydrogen (secondary N) is 2. The highest BCUT2D eigenvalue weighted by molar-refractivity contribution is 5.93. The van der Waals surface area contributed by atoms with Gasteiger partial charge in [0, 0.05) is 12.6 Å². The van der Waals surface area contributed by atoms with Gasteiger partial charge < -0.3 is 14.8 Å². The molecule has 3 N–H and O–H groups in total. The van der Waals surface area contributed by atoms with Gasteiger partial charge >= 0.3 is 5.97 Å². The summed E-state index contributed by atoms with van der Waals surface area (Å²) < 4.78 is 5.20. The molecular formula is C14H17N3O4. The van der Waals surface area contributed by atoms with E-state index in [2.05, 4.69) is 15.5 Å². The predicted octanol–water partition coefficient (Wildman–Crippen LogP) is 1.90. The van der Waals surface area contributed by atoms with Crippen LogP contribution < -0.4 is 5.32 Å². The standard InChI is InChI=1S/C14H17N3O4/c1-14(2,13(19)20)5-6-15-12(18)10-8-9(16-17-10)11-4-3-7-21-11/h3-4,7-8H,5-6H2,1-2H3,(H,15,18)(H,16,17)(H,19,20). The van der Waals surface area contributed by atoms with Crippen molar-refractivity contribution in [3.8, 4) is 11.5 Å². The Bertz CT molecular complexity index is 628. The molecule has 112 valence electrons. The SMILES string of the molecule is CC(C)(CCNC(=O)c1cc(-c2ccco2)[nH]n1)C(=O)O. The summed E-state index contributed by atoms with van der Waals surface area (Å²) in [6.07, 6.45) is 1.87. The lowest BCUT2D eigenvalue weighted by Crippen LogP contribution is -2.32. The number of furan rings is 1. The van der Waals surface area contributed by atoms with E-state index in [-0.39, 0.29) is 18.1 Å². The molecule has 0 aliphatic rings. The third-order valence-electron chi connectivity index (χ3n) is 3.21. The molecule has 0 saturated carbocycles. The number of carboxylic acids is 1. The van der Waals surface area contributed by atoms with Crippen molar-refractivity contribution in [3.63, 3.8) is 0 Å². The number of carbonyl (C=O) groups excluding carboxylic acids is 1. The van der Waals surface area contributed by atoms with Gasteiger partial charge in [-0.2, -0.15) is 5.10 Å². The maximum atomic E-state index is 11.9. The Balaban J connectivity index is 1.91. The van der Waals surface area contributed by atoms with Crippen molar-refractivity contribution < 1.29 is 19.1 Å². The lowest BCUT2D eigenvalue weighted by molar-refractivity contribution is -0.147. The predicted molar refractivity (Wildman–Crippen MR) is 74.7 cm³/mol. The van der Waals surface area contributed by atoms with Crippen molar-refractivity contribution in [1.29, 1.82) is 0 Å². The highest BCUT2D eigenvalue weighted by Crippen LogP contribution is 2.20.